The van der Waals surface area contributed by atoms with Gasteiger partial charge in [-0.05, 0) is 56.3 Å². The Hall–Kier alpha value is -2.60. The standard InChI is InChI=1S/C22H16/c1-3-7-17-15(5-1)9-11-21-19(17)13-14-20-18-8-4-2-6-16(18)10-12-22(20)21/h1,3-5,7-14H,2,6H2. The van der Waals surface area contributed by atoms with Crippen molar-refractivity contribution in [3.8, 4) is 0 Å². The van der Waals surface area contributed by atoms with Crippen LogP contribution in [0.2, 0.25) is 0 Å². The second kappa shape index (κ2) is 4.45. The highest BCUT2D eigenvalue weighted by Crippen LogP contribution is 2.35. The van der Waals surface area contributed by atoms with E-state index in [1.54, 1.807) is 0 Å². The number of hydrogen-bond donors (Lipinski definition) is 0. The number of hydrogen-bond acceptors (Lipinski definition) is 0. The molecule has 0 amide bonds. The van der Waals surface area contributed by atoms with E-state index in [0.717, 1.165) is 12.8 Å². The zero-order valence-electron chi connectivity index (χ0n) is 12.3. The van der Waals surface area contributed by atoms with Crippen LogP contribution >= 0.6 is 0 Å². The molecule has 104 valence electrons. The van der Waals surface area contributed by atoms with E-state index in [-0.39, 0.29) is 0 Å². The summed E-state index contributed by atoms with van der Waals surface area (Å²) in [4.78, 5) is 0. The van der Waals surface area contributed by atoms with Crippen LogP contribution in [0.5, 0.6) is 0 Å². The highest BCUT2D eigenvalue weighted by Gasteiger charge is 2.11. The molecule has 1 aliphatic rings. The van der Waals surface area contributed by atoms with Crippen molar-refractivity contribution in [2.45, 2.75) is 12.8 Å². The van der Waals surface area contributed by atoms with Gasteiger partial charge in [-0.15, -0.1) is 0 Å². The van der Waals surface area contributed by atoms with Gasteiger partial charge in [0.1, 0.15) is 0 Å². The molecule has 4 aromatic rings. The van der Waals surface area contributed by atoms with Gasteiger partial charge >= 0.3 is 0 Å². The minimum atomic E-state index is 1.16. The number of rotatable bonds is 0. The highest BCUT2D eigenvalue weighted by molar-refractivity contribution is 6.18. The largest absolute Gasteiger partial charge is 0.0836 e. The van der Waals surface area contributed by atoms with Gasteiger partial charge in [0.25, 0.3) is 0 Å². The molecule has 0 aromatic heterocycles. The molecule has 0 atom stereocenters. The molecule has 0 N–H and O–H groups in total. The van der Waals surface area contributed by atoms with Crippen molar-refractivity contribution in [2.75, 3.05) is 0 Å². The quantitative estimate of drug-likeness (QED) is 0.341. The first-order chi connectivity index (χ1) is 10.9. The Bertz CT molecular complexity index is 1070. The van der Waals surface area contributed by atoms with Crippen LogP contribution in [-0.4, -0.2) is 0 Å². The third-order valence-electron chi connectivity index (χ3n) is 4.92. The third-order valence-corrected chi connectivity index (χ3v) is 4.92. The maximum absolute atomic E-state index is 2.32. The monoisotopic (exact) mass is 280 g/mol. The van der Waals surface area contributed by atoms with Gasteiger partial charge in [0.05, 0.1) is 0 Å². The molecule has 0 fully saturated rings. The first-order valence-corrected chi connectivity index (χ1v) is 7.94. The fourth-order valence-corrected chi connectivity index (χ4v) is 3.83. The van der Waals surface area contributed by atoms with Gasteiger partial charge in [0, 0.05) is 0 Å². The molecule has 0 nitrogen and oxygen atoms in total. The lowest BCUT2D eigenvalue weighted by Gasteiger charge is -2.15. The lowest BCUT2D eigenvalue weighted by molar-refractivity contribution is 0.990. The second-order valence-corrected chi connectivity index (χ2v) is 6.12. The molecule has 0 aliphatic heterocycles. The maximum Gasteiger partial charge on any atom is -0.00987 e. The third kappa shape index (κ3) is 1.58. The van der Waals surface area contributed by atoms with Crippen LogP contribution in [0.3, 0.4) is 0 Å². The first-order valence-electron chi connectivity index (χ1n) is 7.94. The molecule has 0 spiro atoms. The normalized spacial score (nSPS) is 13.8. The molecule has 22 heavy (non-hydrogen) atoms. The van der Waals surface area contributed by atoms with Crippen LogP contribution in [0.25, 0.3) is 38.4 Å². The van der Waals surface area contributed by atoms with E-state index >= 15 is 0 Å². The van der Waals surface area contributed by atoms with Crippen LogP contribution < -0.4 is 0 Å². The van der Waals surface area contributed by atoms with Crippen molar-refractivity contribution in [2.24, 2.45) is 0 Å². The average Bonchev–Trinajstić information content (AvgIpc) is 2.60. The molecule has 0 radical (unpaired) electrons. The van der Waals surface area contributed by atoms with Gasteiger partial charge in [0.15, 0.2) is 0 Å². The van der Waals surface area contributed by atoms with E-state index in [9.17, 15) is 0 Å². The Morgan fingerprint density at radius 2 is 1.32 bits per heavy atom. The summed E-state index contributed by atoms with van der Waals surface area (Å²) >= 11 is 0. The van der Waals surface area contributed by atoms with Gasteiger partial charge in [0.2, 0.25) is 0 Å². The minimum absolute atomic E-state index is 1.16. The molecular weight excluding hydrogens is 264 g/mol. The van der Waals surface area contributed by atoms with Crippen LogP contribution in [0.1, 0.15) is 17.5 Å². The fourth-order valence-electron chi connectivity index (χ4n) is 3.83. The van der Waals surface area contributed by atoms with Gasteiger partial charge in [-0.1, -0.05) is 72.8 Å². The summed E-state index contributed by atoms with van der Waals surface area (Å²) in [6, 6.07) is 22.4. The lowest BCUT2D eigenvalue weighted by Crippen LogP contribution is -1.95. The summed E-state index contributed by atoms with van der Waals surface area (Å²) in [5.74, 6) is 0. The molecule has 0 unspecified atom stereocenters. The van der Waals surface area contributed by atoms with Crippen LogP contribution in [0.4, 0.5) is 0 Å². The molecule has 0 heteroatoms. The van der Waals surface area contributed by atoms with E-state index in [2.05, 4.69) is 72.8 Å². The van der Waals surface area contributed by atoms with Gasteiger partial charge in [-0.2, -0.15) is 0 Å². The van der Waals surface area contributed by atoms with E-state index in [0.29, 0.717) is 0 Å². The molecule has 4 aromatic carbocycles. The second-order valence-electron chi connectivity index (χ2n) is 6.12. The summed E-state index contributed by atoms with van der Waals surface area (Å²) in [6.07, 6.45) is 6.93. The van der Waals surface area contributed by atoms with Crippen molar-refractivity contribution in [3.05, 3.63) is 77.9 Å². The summed E-state index contributed by atoms with van der Waals surface area (Å²) in [5.41, 5.74) is 2.90. The Morgan fingerprint density at radius 1 is 0.591 bits per heavy atom. The van der Waals surface area contributed by atoms with Crippen LogP contribution in [0.15, 0.2) is 66.7 Å². The molecule has 1 aliphatic carbocycles. The lowest BCUT2D eigenvalue weighted by atomic mass is 9.89. The predicted octanol–water partition coefficient (Wildman–Crippen LogP) is 6.11. The van der Waals surface area contributed by atoms with Crippen molar-refractivity contribution >= 4 is 38.4 Å². The number of benzene rings is 4. The minimum Gasteiger partial charge on any atom is -0.0836 e. The summed E-state index contributed by atoms with van der Waals surface area (Å²) in [5, 5.41) is 8.12. The SMILES string of the molecule is C1=Cc2c(ccc3c2ccc2c4ccccc4ccc32)CC1. The van der Waals surface area contributed by atoms with Crippen LogP contribution in [0, 0.1) is 0 Å². The smallest absolute Gasteiger partial charge is 0.00987 e. The molecule has 0 saturated carbocycles. The van der Waals surface area contributed by atoms with E-state index in [4.69, 9.17) is 0 Å². The van der Waals surface area contributed by atoms with E-state index < -0.39 is 0 Å². The van der Waals surface area contributed by atoms with E-state index in [1.807, 2.05) is 0 Å². The van der Waals surface area contributed by atoms with Gasteiger partial charge in [-0.25, -0.2) is 0 Å². The maximum atomic E-state index is 2.32. The highest BCUT2D eigenvalue weighted by atomic mass is 14.1. The average molecular weight is 280 g/mol. The summed E-state index contributed by atoms with van der Waals surface area (Å²) in [6.45, 7) is 0. The summed E-state index contributed by atoms with van der Waals surface area (Å²) in [7, 11) is 0. The van der Waals surface area contributed by atoms with Crippen molar-refractivity contribution in [3.63, 3.8) is 0 Å². The topological polar surface area (TPSA) is 0 Å². The van der Waals surface area contributed by atoms with Gasteiger partial charge in [-0.3, -0.25) is 0 Å². The Kier molecular flexibility index (Phi) is 2.42. The number of allylic oxidation sites excluding steroid dienone is 1. The number of aryl methyl sites for hydroxylation is 1. The zero-order chi connectivity index (χ0) is 14.5. The van der Waals surface area contributed by atoms with Gasteiger partial charge < -0.3 is 0 Å². The Morgan fingerprint density at radius 3 is 2.32 bits per heavy atom. The van der Waals surface area contributed by atoms with Crippen molar-refractivity contribution < 1.29 is 0 Å². The molecular formula is C22H16. The van der Waals surface area contributed by atoms with E-state index in [1.165, 1.54) is 43.4 Å². The molecule has 0 heterocycles. The molecule has 5 rings (SSSR count). The number of fused-ring (bicyclic) bond motifs is 7. The molecule has 0 bridgehead atoms. The van der Waals surface area contributed by atoms with Crippen molar-refractivity contribution in [1.82, 2.24) is 0 Å². The first kappa shape index (κ1) is 12.0. The van der Waals surface area contributed by atoms with Crippen molar-refractivity contribution in [1.29, 1.82) is 0 Å². The fraction of sp³-hybridized carbons (Fsp3) is 0.0909. The summed E-state index contributed by atoms with van der Waals surface area (Å²) < 4.78 is 0. The predicted molar refractivity (Wildman–Crippen MR) is 96.3 cm³/mol. The zero-order valence-corrected chi connectivity index (χ0v) is 12.3. The Labute approximate surface area is 129 Å². The van der Waals surface area contributed by atoms with Crippen LogP contribution in [-0.2, 0) is 6.42 Å². The molecule has 0 saturated heterocycles. The Balaban J connectivity index is 1.97.